The molecule has 0 unspecified atom stereocenters. The molecule has 1 aromatic rings. The normalized spacial score (nSPS) is 38.1. The van der Waals surface area contributed by atoms with Crippen LogP contribution in [0.3, 0.4) is 0 Å². The molecular weight excluding hydrogens is 246 g/mol. The van der Waals surface area contributed by atoms with Crippen molar-refractivity contribution in [2.24, 2.45) is 29.6 Å². The van der Waals surface area contributed by atoms with Gasteiger partial charge in [0.05, 0.1) is 0 Å². The molecule has 0 aromatic heterocycles. The van der Waals surface area contributed by atoms with E-state index in [1.807, 2.05) is 24.3 Å². The molecular formula is C18H23NO. The van der Waals surface area contributed by atoms with Crippen LogP contribution in [0.5, 0.6) is 0 Å². The number of benzene rings is 1. The van der Waals surface area contributed by atoms with Crippen LogP contribution in [-0.2, 0) is 0 Å². The average Bonchev–Trinajstić information content (AvgIpc) is 2.42. The van der Waals surface area contributed by atoms with Crippen LogP contribution >= 0.6 is 0 Å². The highest BCUT2D eigenvalue weighted by atomic mass is 16.1. The zero-order valence-corrected chi connectivity index (χ0v) is 11.9. The van der Waals surface area contributed by atoms with Gasteiger partial charge in [-0.1, -0.05) is 12.1 Å². The topological polar surface area (TPSA) is 43.1 Å². The van der Waals surface area contributed by atoms with Crippen LogP contribution in [0.25, 0.3) is 0 Å². The Morgan fingerprint density at radius 1 is 1.05 bits per heavy atom. The number of nitrogen functional groups attached to an aromatic ring is 1. The predicted molar refractivity (Wildman–Crippen MR) is 80.3 cm³/mol. The molecule has 2 N–H and O–H groups in total. The lowest BCUT2D eigenvalue weighted by Crippen LogP contribution is -2.45. The van der Waals surface area contributed by atoms with E-state index in [0.29, 0.717) is 17.4 Å². The number of hydrogen-bond acceptors (Lipinski definition) is 2. The van der Waals surface area contributed by atoms with Crippen molar-refractivity contribution in [2.75, 3.05) is 5.73 Å². The molecule has 4 saturated carbocycles. The number of nitrogens with two attached hydrogens (primary N) is 1. The van der Waals surface area contributed by atoms with Gasteiger partial charge >= 0.3 is 0 Å². The van der Waals surface area contributed by atoms with E-state index in [0.717, 1.165) is 35.7 Å². The van der Waals surface area contributed by atoms with Crippen molar-refractivity contribution in [1.82, 2.24) is 0 Å². The molecule has 1 aromatic carbocycles. The second-order valence-corrected chi connectivity index (χ2v) is 7.35. The van der Waals surface area contributed by atoms with Crippen LogP contribution < -0.4 is 5.73 Å². The zero-order valence-electron chi connectivity index (χ0n) is 11.9. The van der Waals surface area contributed by atoms with Crippen molar-refractivity contribution < 1.29 is 4.79 Å². The van der Waals surface area contributed by atoms with Crippen molar-refractivity contribution in [3.05, 3.63) is 29.8 Å². The van der Waals surface area contributed by atoms with Gasteiger partial charge in [0.1, 0.15) is 0 Å². The minimum absolute atomic E-state index is 0.301. The van der Waals surface area contributed by atoms with E-state index >= 15 is 0 Å². The number of ketones is 1. The minimum atomic E-state index is 0.301. The molecule has 106 valence electrons. The summed E-state index contributed by atoms with van der Waals surface area (Å²) in [7, 11) is 0. The van der Waals surface area contributed by atoms with Gasteiger partial charge in [0.25, 0.3) is 0 Å². The highest BCUT2D eigenvalue weighted by Crippen LogP contribution is 2.57. The van der Waals surface area contributed by atoms with Gasteiger partial charge < -0.3 is 5.73 Å². The van der Waals surface area contributed by atoms with E-state index in [9.17, 15) is 4.79 Å². The first-order chi connectivity index (χ1) is 9.69. The molecule has 0 heterocycles. The highest BCUT2D eigenvalue weighted by Gasteiger charge is 2.48. The smallest absolute Gasteiger partial charge is 0.163 e. The summed E-state index contributed by atoms with van der Waals surface area (Å²) in [5.41, 5.74) is 7.29. The Kier molecular flexibility index (Phi) is 2.87. The Morgan fingerprint density at radius 3 is 2.30 bits per heavy atom. The molecule has 4 aliphatic carbocycles. The predicted octanol–water partition coefficient (Wildman–Crippen LogP) is 3.91. The first-order valence-corrected chi connectivity index (χ1v) is 8.08. The van der Waals surface area contributed by atoms with Crippen LogP contribution in [0.15, 0.2) is 24.3 Å². The monoisotopic (exact) mass is 269 g/mol. The van der Waals surface area contributed by atoms with Crippen LogP contribution in [0, 0.1) is 29.6 Å². The fourth-order valence-corrected chi connectivity index (χ4v) is 5.42. The SMILES string of the molecule is Nc1cccc(C(=O)CC2C3CC4CC(C3)CC2C4)c1. The number of carbonyl (C=O) groups is 1. The fraction of sp³-hybridized carbons (Fsp3) is 0.611. The molecule has 4 bridgehead atoms. The van der Waals surface area contributed by atoms with Gasteiger partial charge in [-0.15, -0.1) is 0 Å². The van der Waals surface area contributed by atoms with E-state index in [-0.39, 0.29) is 0 Å². The van der Waals surface area contributed by atoms with Gasteiger partial charge in [-0.2, -0.15) is 0 Å². The molecule has 0 amide bonds. The number of rotatable bonds is 3. The van der Waals surface area contributed by atoms with Gasteiger partial charge in [-0.05, 0) is 73.8 Å². The van der Waals surface area contributed by atoms with E-state index in [4.69, 9.17) is 5.73 Å². The Bertz CT molecular complexity index is 508. The summed E-state index contributed by atoms with van der Waals surface area (Å²) in [6, 6.07) is 7.48. The highest BCUT2D eigenvalue weighted by molar-refractivity contribution is 5.97. The molecule has 0 radical (unpaired) electrons. The summed E-state index contributed by atoms with van der Waals surface area (Å²) in [4.78, 5) is 12.5. The molecule has 0 aliphatic heterocycles. The number of anilines is 1. The number of carbonyl (C=O) groups excluding carboxylic acids is 1. The molecule has 5 rings (SSSR count). The molecule has 20 heavy (non-hydrogen) atoms. The van der Waals surface area contributed by atoms with E-state index < -0.39 is 0 Å². The lowest BCUT2D eigenvalue weighted by atomic mass is 9.51. The van der Waals surface area contributed by atoms with Gasteiger partial charge in [0, 0.05) is 17.7 Å². The van der Waals surface area contributed by atoms with Crippen molar-refractivity contribution in [3.8, 4) is 0 Å². The minimum Gasteiger partial charge on any atom is -0.399 e. The number of hydrogen-bond donors (Lipinski definition) is 1. The third-order valence-corrected chi connectivity index (χ3v) is 6.05. The van der Waals surface area contributed by atoms with Crippen LogP contribution in [0.1, 0.15) is 48.9 Å². The van der Waals surface area contributed by atoms with Crippen LogP contribution in [0.2, 0.25) is 0 Å². The fourth-order valence-electron chi connectivity index (χ4n) is 5.42. The second-order valence-electron chi connectivity index (χ2n) is 7.35. The van der Waals surface area contributed by atoms with E-state index in [2.05, 4.69) is 0 Å². The maximum Gasteiger partial charge on any atom is 0.163 e. The molecule has 2 nitrogen and oxygen atoms in total. The molecule has 0 saturated heterocycles. The van der Waals surface area contributed by atoms with Crippen LogP contribution in [-0.4, -0.2) is 5.78 Å². The molecule has 2 heteroatoms. The van der Waals surface area contributed by atoms with E-state index in [1.54, 1.807) is 0 Å². The summed E-state index contributed by atoms with van der Waals surface area (Å²) in [5.74, 6) is 4.58. The molecule has 4 aliphatic rings. The lowest BCUT2D eigenvalue weighted by Gasteiger charge is -2.54. The number of Topliss-reactive ketones (excluding diaryl/α,β-unsaturated/α-hetero) is 1. The van der Waals surface area contributed by atoms with Crippen molar-refractivity contribution >= 4 is 11.5 Å². The molecule has 4 fully saturated rings. The van der Waals surface area contributed by atoms with Gasteiger partial charge in [-0.3, -0.25) is 4.79 Å². The van der Waals surface area contributed by atoms with Gasteiger partial charge in [-0.25, -0.2) is 0 Å². The van der Waals surface area contributed by atoms with Crippen molar-refractivity contribution in [2.45, 2.75) is 38.5 Å². The molecule has 0 spiro atoms. The van der Waals surface area contributed by atoms with Gasteiger partial charge in [0.2, 0.25) is 0 Å². The van der Waals surface area contributed by atoms with Crippen molar-refractivity contribution in [3.63, 3.8) is 0 Å². The summed E-state index contributed by atoms with van der Waals surface area (Å²) >= 11 is 0. The first-order valence-electron chi connectivity index (χ1n) is 8.08. The third kappa shape index (κ3) is 2.06. The Morgan fingerprint density at radius 2 is 1.70 bits per heavy atom. The lowest BCUT2D eigenvalue weighted by molar-refractivity contribution is -0.0366. The largest absolute Gasteiger partial charge is 0.399 e. The summed E-state index contributed by atoms with van der Waals surface area (Å²) < 4.78 is 0. The van der Waals surface area contributed by atoms with Crippen molar-refractivity contribution in [1.29, 1.82) is 0 Å². The van der Waals surface area contributed by atoms with E-state index in [1.165, 1.54) is 32.1 Å². The maximum absolute atomic E-state index is 12.5. The van der Waals surface area contributed by atoms with Crippen LogP contribution in [0.4, 0.5) is 5.69 Å². The summed E-state index contributed by atoms with van der Waals surface area (Å²) in [5, 5.41) is 0. The summed E-state index contributed by atoms with van der Waals surface area (Å²) in [6.45, 7) is 0. The Balaban J connectivity index is 1.50. The Labute approximate surface area is 120 Å². The Hall–Kier alpha value is -1.31. The third-order valence-electron chi connectivity index (χ3n) is 6.05. The second kappa shape index (κ2) is 4.61. The molecule has 0 atom stereocenters. The van der Waals surface area contributed by atoms with Gasteiger partial charge in [0.15, 0.2) is 5.78 Å². The average molecular weight is 269 g/mol. The quantitative estimate of drug-likeness (QED) is 0.667. The zero-order chi connectivity index (χ0) is 13.7. The summed E-state index contributed by atoms with van der Waals surface area (Å²) in [6.07, 6.45) is 7.79. The first kappa shape index (κ1) is 12.4. The maximum atomic E-state index is 12.5. The standard InChI is InChI=1S/C18H23NO/c19-16-3-1-2-13(9-16)18(20)10-17-14-5-11-4-12(7-14)8-15(17)6-11/h1-3,9,11-12,14-15,17H,4-8,10,19H2.